The zero-order valence-electron chi connectivity index (χ0n) is 17.1. The van der Waals surface area contributed by atoms with Crippen LogP contribution < -0.4 is 10.4 Å². The molecule has 0 heterocycles. The normalized spacial score (nSPS) is 14.6. The number of benzene rings is 2. The van der Waals surface area contributed by atoms with Crippen LogP contribution in [0.1, 0.15) is 40.0 Å². The van der Waals surface area contributed by atoms with E-state index in [-0.39, 0.29) is 15.6 Å². The summed E-state index contributed by atoms with van der Waals surface area (Å²) in [6.07, 6.45) is 2.02. The molecule has 2 aromatic carbocycles. The largest absolute Gasteiger partial charge is 0.407 e. The second-order valence-corrected chi connectivity index (χ2v) is 14.2. The van der Waals surface area contributed by atoms with Crippen LogP contribution in [0.4, 0.5) is 0 Å². The molecule has 0 unspecified atom stereocenters. The fourth-order valence-corrected chi connectivity index (χ4v) is 8.71. The molecule has 0 saturated heterocycles. The number of hydrogen-bond acceptors (Lipinski definition) is 3. The summed E-state index contributed by atoms with van der Waals surface area (Å²) in [5.74, 6) is 0. The maximum absolute atomic E-state index is 10.1. The Bertz CT molecular complexity index is 648. The number of halogens is 1. The van der Waals surface area contributed by atoms with E-state index in [1.54, 1.807) is 0 Å². The van der Waals surface area contributed by atoms with Gasteiger partial charge in [0.25, 0.3) is 8.32 Å². The van der Waals surface area contributed by atoms with Crippen molar-refractivity contribution >= 4 is 41.3 Å². The van der Waals surface area contributed by atoms with Crippen LogP contribution in [-0.2, 0) is 4.43 Å². The van der Waals surface area contributed by atoms with Gasteiger partial charge in [-0.3, -0.25) is 0 Å². The van der Waals surface area contributed by atoms with Crippen molar-refractivity contribution in [3.63, 3.8) is 0 Å². The molecule has 0 aromatic heterocycles. The Morgan fingerprint density at radius 2 is 1.43 bits per heavy atom. The van der Waals surface area contributed by atoms with Crippen molar-refractivity contribution in [1.29, 1.82) is 0 Å². The number of unbranched alkanes of at least 4 members (excludes halogenated alkanes) is 1. The van der Waals surface area contributed by atoms with Crippen LogP contribution in [0.5, 0.6) is 0 Å². The van der Waals surface area contributed by atoms with Crippen LogP contribution in [0.2, 0.25) is 5.04 Å². The lowest BCUT2D eigenvalue weighted by atomic mass is 10.1. The van der Waals surface area contributed by atoms with Gasteiger partial charge in [-0.2, -0.15) is 0 Å². The number of rotatable bonds is 10. The number of alkyl halides is 1. The molecule has 3 nitrogen and oxygen atoms in total. The van der Waals surface area contributed by atoms with E-state index in [9.17, 15) is 5.11 Å². The van der Waals surface area contributed by atoms with Crippen molar-refractivity contribution in [3.8, 4) is 0 Å². The first kappa shape index (κ1) is 23.5. The van der Waals surface area contributed by atoms with E-state index < -0.39 is 14.4 Å². The van der Waals surface area contributed by atoms with Gasteiger partial charge in [0, 0.05) is 6.61 Å². The minimum absolute atomic E-state index is 0.0142. The van der Waals surface area contributed by atoms with Gasteiger partial charge in [-0.1, -0.05) is 104 Å². The summed E-state index contributed by atoms with van der Waals surface area (Å²) in [6.45, 7) is 7.53. The number of aliphatic hydroxyl groups excluding tert-OH is 2. The van der Waals surface area contributed by atoms with Gasteiger partial charge in [0.15, 0.2) is 0 Å². The quantitative estimate of drug-likeness (QED) is 0.220. The van der Waals surface area contributed by atoms with E-state index >= 15 is 0 Å². The van der Waals surface area contributed by atoms with Gasteiger partial charge in [0.2, 0.25) is 0 Å². The summed E-state index contributed by atoms with van der Waals surface area (Å²) in [5, 5.41) is 21.8. The predicted molar refractivity (Wildman–Crippen MR) is 128 cm³/mol. The summed E-state index contributed by atoms with van der Waals surface area (Å²) in [4.78, 5) is 0. The second-order valence-electron chi connectivity index (χ2n) is 8.27. The summed E-state index contributed by atoms with van der Waals surface area (Å²) in [5.41, 5.74) is 0. The van der Waals surface area contributed by atoms with Crippen molar-refractivity contribution in [3.05, 3.63) is 60.7 Å². The Morgan fingerprint density at radius 1 is 0.929 bits per heavy atom. The molecule has 0 saturated carbocycles. The highest BCUT2D eigenvalue weighted by molar-refractivity contribution is 14.1. The minimum atomic E-state index is -2.46. The van der Waals surface area contributed by atoms with E-state index in [0.29, 0.717) is 13.0 Å². The molecule has 0 amide bonds. The molecule has 2 aromatic rings. The Balaban J connectivity index is 2.20. The Labute approximate surface area is 184 Å². The van der Waals surface area contributed by atoms with Gasteiger partial charge >= 0.3 is 0 Å². The van der Waals surface area contributed by atoms with Gasteiger partial charge in [-0.25, -0.2) is 0 Å². The fourth-order valence-electron chi connectivity index (χ4n) is 3.74. The van der Waals surface area contributed by atoms with E-state index in [4.69, 9.17) is 9.53 Å². The lowest BCUT2D eigenvalue weighted by Crippen LogP contribution is -2.66. The lowest BCUT2D eigenvalue weighted by molar-refractivity contribution is 0.133. The van der Waals surface area contributed by atoms with Crippen molar-refractivity contribution < 1.29 is 14.6 Å². The van der Waals surface area contributed by atoms with Crippen LogP contribution >= 0.6 is 22.6 Å². The number of hydrogen-bond donors (Lipinski definition) is 2. The van der Waals surface area contributed by atoms with Gasteiger partial charge < -0.3 is 14.6 Å². The summed E-state index contributed by atoms with van der Waals surface area (Å²) < 4.78 is 6.74. The van der Waals surface area contributed by atoms with E-state index in [2.05, 4.69) is 104 Å². The highest BCUT2D eigenvalue weighted by Crippen LogP contribution is 2.36. The molecule has 0 aliphatic carbocycles. The monoisotopic (exact) mass is 512 g/mol. The lowest BCUT2D eigenvalue weighted by Gasteiger charge is -2.43. The Kier molecular flexibility index (Phi) is 9.15. The van der Waals surface area contributed by atoms with Crippen molar-refractivity contribution in [2.24, 2.45) is 0 Å². The molecule has 0 radical (unpaired) electrons. The average Bonchev–Trinajstić information content (AvgIpc) is 2.70. The predicted octanol–water partition coefficient (Wildman–Crippen LogP) is 3.89. The summed E-state index contributed by atoms with van der Waals surface area (Å²) >= 11 is 2.11. The Morgan fingerprint density at radius 3 is 1.86 bits per heavy atom. The molecule has 2 atom stereocenters. The van der Waals surface area contributed by atoms with Gasteiger partial charge in [0.05, 0.1) is 16.6 Å². The smallest absolute Gasteiger partial charge is 0.261 e. The molecule has 0 aliphatic rings. The van der Waals surface area contributed by atoms with Gasteiger partial charge in [0.1, 0.15) is 0 Å². The van der Waals surface area contributed by atoms with Crippen LogP contribution in [-0.4, -0.2) is 41.8 Å². The van der Waals surface area contributed by atoms with Crippen molar-refractivity contribution in [2.45, 2.75) is 55.1 Å². The molecule has 5 heteroatoms. The SMILES string of the molecule is CC(C)(C)[Si](OCCCC[C@H](O)[C@H](I)CO)(c1ccccc1)c1ccccc1. The minimum Gasteiger partial charge on any atom is -0.407 e. The molecule has 28 heavy (non-hydrogen) atoms. The first-order valence-corrected chi connectivity index (χ1v) is 13.2. The molecule has 2 rings (SSSR count). The van der Waals surface area contributed by atoms with E-state index in [0.717, 1.165) is 12.8 Å². The standard InChI is InChI=1S/C23H33IO3Si/c1-23(2,3)28(19-12-6-4-7-13-19,20-14-8-5-9-15-20)27-17-11-10-16-22(26)21(24)18-25/h4-9,12-15,21-22,25-26H,10-11,16-18H2,1-3H3/t21-,22+/m1/s1. The molecule has 154 valence electrons. The highest BCUT2D eigenvalue weighted by Gasteiger charge is 2.49. The topological polar surface area (TPSA) is 49.7 Å². The maximum atomic E-state index is 10.1. The van der Waals surface area contributed by atoms with Crippen LogP contribution in [0.3, 0.4) is 0 Å². The third kappa shape index (κ3) is 5.66. The van der Waals surface area contributed by atoms with Crippen molar-refractivity contribution in [2.75, 3.05) is 13.2 Å². The van der Waals surface area contributed by atoms with Gasteiger partial charge in [-0.15, -0.1) is 0 Å². The zero-order valence-corrected chi connectivity index (χ0v) is 20.3. The molecule has 2 N–H and O–H groups in total. The third-order valence-electron chi connectivity index (χ3n) is 5.22. The van der Waals surface area contributed by atoms with Crippen LogP contribution in [0.25, 0.3) is 0 Å². The third-order valence-corrected chi connectivity index (χ3v) is 11.5. The van der Waals surface area contributed by atoms with Crippen LogP contribution in [0.15, 0.2) is 60.7 Å². The summed E-state index contributed by atoms with van der Waals surface area (Å²) in [6, 6.07) is 21.3. The fraction of sp³-hybridized carbons (Fsp3) is 0.478. The molecule has 0 bridgehead atoms. The van der Waals surface area contributed by atoms with Crippen molar-refractivity contribution in [1.82, 2.24) is 0 Å². The number of aliphatic hydroxyl groups is 2. The second kappa shape index (κ2) is 10.9. The molecule has 0 fully saturated rings. The maximum Gasteiger partial charge on any atom is 0.261 e. The Hall–Kier alpha value is -0.733. The van der Waals surface area contributed by atoms with Gasteiger partial charge in [-0.05, 0) is 34.7 Å². The molecular formula is C23H33IO3Si. The first-order chi connectivity index (χ1) is 13.3. The summed E-state index contributed by atoms with van der Waals surface area (Å²) in [7, 11) is -2.46. The molecule has 0 spiro atoms. The van der Waals surface area contributed by atoms with E-state index in [1.807, 2.05) is 0 Å². The molecule has 0 aliphatic heterocycles. The first-order valence-electron chi connectivity index (χ1n) is 10.0. The van der Waals surface area contributed by atoms with Crippen LogP contribution in [0, 0.1) is 0 Å². The van der Waals surface area contributed by atoms with E-state index in [1.165, 1.54) is 10.4 Å². The average molecular weight is 513 g/mol. The highest BCUT2D eigenvalue weighted by atomic mass is 127. The molecular weight excluding hydrogens is 479 g/mol. The zero-order chi connectivity index (χ0) is 20.6.